The maximum absolute atomic E-state index is 12.2. The van der Waals surface area contributed by atoms with E-state index in [1.165, 1.54) is 0 Å². The number of rotatable bonds is 7. The third kappa shape index (κ3) is 5.46. The van der Waals surface area contributed by atoms with Gasteiger partial charge in [-0.1, -0.05) is 12.1 Å². The molecular formula is C16H24N2O3. The molecule has 1 aliphatic rings. The topological polar surface area (TPSA) is 59.6 Å². The lowest BCUT2D eigenvalue weighted by Gasteiger charge is -2.21. The van der Waals surface area contributed by atoms with E-state index >= 15 is 0 Å². The van der Waals surface area contributed by atoms with Gasteiger partial charge in [0, 0.05) is 18.7 Å². The van der Waals surface area contributed by atoms with Crippen LogP contribution >= 0.6 is 0 Å². The van der Waals surface area contributed by atoms with Crippen LogP contribution in [-0.4, -0.2) is 39.3 Å². The largest absolute Gasteiger partial charge is 0.382 e. The van der Waals surface area contributed by atoms with Gasteiger partial charge in [0.25, 0.3) is 0 Å². The molecule has 0 aromatic heterocycles. The number of anilines is 1. The van der Waals surface area contributed by atoms with Gasteiger partial charge in [0.15, 0.2) is 0 Å². The van der Waals surface area contributed by atoms with Gasteiger partial charge >= 0.3 is 0 Å². The highest BCUT2D eigenvalue weighted by Gasteiger charge is 2.20. The molecule has 0 bridgehead atoms. The first-order chi connectivity index (χ1) is 10.3. The molecule has 21 heavy (non-hydrogen) atoms. The van der Waals surface area contributed by atoms with Crippen molar-refractivity contribution in [3.8, 4) is 0 Å². The van der Waals surface area contributed by atoms with Crippen LogP contribution in [0.2, 0.25) is 0 Å². The maximum atomic E-state index is 12.2. The molecule has 0 radical (unpaired) electrons. The minimum absolute atomic E-state index is 0.118. The van der Waals surface area contributed by atoms with E-state index in [1.807, 2.05) is 24.3 Å². The number of methoxy groups -OCH3 is 1. The van der Waals surface area contributed by atoms with E-state index in [0.29, 0.717) is 19.8 Å². The van der Waals surface area contributed by atoms with Crippen LogP contribution in [0, 0.1) is 5.92 Å². The Labute approximate surface area is 126 Å². The lowest BCUT2D eigenvalue weighted by Crippen LogP contribution is -2.34. The number of amides is 1. The van der Waals surface area contributed by atoms with Gasteiger partial charge in [-0.05, 0) is 43.6 Å². The average molecular weight is 292 g/mol. The SMILES string of the molecule is COCCOCc1cccc(NC(=O)C2CCNCC2)c1. The summed E-state index contributed by atoms with van der Waals surface area (Å²) in [5, 5.41) is 6.28. The van der Waals surface area contributed by atoms with Crippen molar-refractivity contribution in [3.05, 3.63) is 29.8 Å². The van der Waals surface area contributed by atoms with Crippen molar-refractivity contribution in [3.63, 3.8) is 0 Å². The van der Waals surface area contributed by atoms with Crippen LogP contribution in [0.4, 0.5) is 5.69 Å². The summed E-state index contributed by atoms with van der Waals surface area (Å²) in [7, 11) is 1.65. The Kier molecular flexibility index (Phi) is 6.66. The standard InChI is InChI=1S/C16H24N2O3/c1-20-9-10-21-12-13-3-2-4-15(11-13)18-16(19)14-5-7-17-8-6-14/h2-4,11,14,17H,5-10,12H2,1H3,(H,18,19). The average Bonchev–Trinajstić information content (AvgIpc) is 2.53. The third-order valence-electron chi connectivity index (χ3n) is 3.60. The van der Waals surface area contributed by atoms with Crippen LogP contribution < -0.4 is 10.6 Å². The minimum Gasteiger partial charge on any atom is -0.382 e. The van der Waals surface area contributed by atoms with Crippen molar-refractivity contribution in [1.82, 2.24) is 5.32 Å². The Morgan fingerprint density at radius 1 is 1.33 bits per heavy atom. The van der Waals surface area contributed by atoms with E-state index in [9.17, 15) is 4.79 Å². The number of hydrogen-bond donors (Lipinski definition) is 2. The molecule has 1 amide bonds. The second kappa shape index (κ2) is 8.77. The predicted molar refractivity (Wildman–Crippen MR) is 82.2 cm³/mol. The highest BCUT2D eigenvalue weighted by atomic mass is 16.5. The molecule has 0 unspecified atom stereocenters. The number of carbonyl (C=O) groups excluding carboxylic acids is 1. The summed E-state index contributed by atoms with van der Waals surface area (Å²) in [6, 6.07) is 7.81. The maximum Gasteiger partial charge on any atom is 0.227 e. The van der Waals surface area contributed by atoms with E-state index in [-0.39, 0.29) is 11.8 Å². The van der Waals surface area contributed by atoms with Gasteiger partial charge in [0.1, 0.15) is 0 Å². The summed E-state index contributed by atoms with van der Waals surface area (Å²) < 4.78 is 10.4. The van der Waals surface area contributed by atoms with Gasteiger partial charge in [-0.25, -0.2) is 0 Å². The molecule has 2 N–H and O–H groups in total. The molecule has 1 aliphatic heterocycles. The number of carbonyl (C=O) groups is 1. The number of piperidine rings is 1. The van der Waals surface area contributed by atoms with E-state index in [4.69, 9.17) is 9.47 Å². The Bertz CT molecular complexity index is 445. The first-order valence-corrected chi connectivity index (χ1v) is 7.47. The predicted octanol–water partition coefficient (Wildman–Crippen LogP) is 1.79. The fraction of sp³-hybridized carbons (Fsp3) is 0.562. The van der Waals surface area contributed by atoms with Gasteiger partial charge in [-0.15, -0.1) is 0 Å². The molecule has 2 rings (SSSR count). The first-order valence-electron chi connectivity index (χ1n) is 7.47. The molecule has 0 saturated carbocycles. The smallest absolute Gasteiger partial charge is 0.227 e. The molecule has 0 spiro atoms. The van der Waals surface area contributed by atoms with Gasteiger partial charge in [0.05, 0.1) is 19.8 Å². The molecular weight excluding hydrogens is 268 g/mol. The van der Waals surface area contributed by atoms with Gasteiger partial charge in [0.2, 0.25) is 5.91 Å². The normalized spacial score (nSPS) is 15.9. The summed E-state index contributed by atoms with van der Waals surface area (Å²) in [6.45, 7) is 3.53. The highest BCUT2D eigenvalue weighted by Crippen LogP contribution is 2.17. The number of nitrogens with one attached hydrogen (secondary N) is 2. The monoisotopic (exact) mass is 292 g/mol. The summed E-state index contributed by atoms with van der Waals surface area (Å²) in [6.07, 6.45) is 1.82. The third-order valence-corrected chi connectivity index (χ3v) is 3.60. The van der Waals surface area contributed by atoms with Gasteiger partial charge < -0.3 is 20.1 Å². The molecule has 0 atom stereocenters. The molecule has 1 aromatic rings. The van der Waals surface area contributed by atoms with Gasteiger partial charge in [-0.2, -0.15) is 0 Å². The van der Waals surface area contributed by atoms with Crippen molar-refractivity contribution < 1.29 is 14.3 Å². The number of ether oxygens (including phenoxy) is 2. The second-order valence-corrected chi connectivity index (χ2v) is 5.26. The van der Waals surface area contributed by atoms with E-state index in [2.05, 4.69) is 10.6 Å². The molecule has 1 fully saturated rings. The zero-order chi connectivity index (χ0) is 14.9. The molecule has 1 aromatic carbocycles. The van der Waals surface area contributed by atoms with Crippen molar-refractivity contribution in [2.24, 2.45) is 5.92 Å². The van der Waals surface area contributed by atoms with Gasteiger partial charge in [-0.3, -0.25) is 4.79 Å². The number of benzene rings is 1. The molecule has 5 heteroatoms. The van der Waals surface area contributed by atoms with E-state index < -0.39 is 0 Å². The van der Waals surface area contributed by atoms with Crippen LogP contribution in [0.1, 0.15) is 18.4 Å². The summed E-state index contributed by atoms with van der Waals surface area (Å²) in [5.74, 6) is 0.238. The fourth-order valence-corrected chi connectivity index (χ4v) is 2.40. The number of hydrogen-bond acceptors (Lipinski definition) is 4. The fourth-order valence-electron chi connectivity index (χ4n) is 2.40. The zero-order valence-corrected chi connectivity index (χ0v) is 12.6. The lowest BCUT2D eigenvalue weighted by atomic mass is 9.97. The Morgan fingerprint density at radius 2 is 2.14 bits per heavy atom. The molecule has 1 heterocycles. The molecule has 0 aliphatic carbocycles. The zero-order valence-electron chi connectivity index (χ0n) is 12.6. The Hall–Kier alpha value is -1.43. The summed E-state index contributed by atoms with van der Waals surface area (Å²) >= 11 is 0. The van der Waals surface area contributed by atoms with Crippen LogP contribution in [0.5, 0.6) is 0 Å². The minimum atomic E-state index is 0.118. The van der Waals surface area contributed by atoms with Crippen molar-refractivity contribution >= 4 is 11.6 Å². The Balaban J connectivity index is 1.83. The molecule has 116 valence electrons. The summed E-state index contributed by atoms with van der Waals surface area (Å²) in [4.78, 5) is 12.2. The van der Waals surface area contributed by atoms with Crippen LogP contribution in [0.15, 0.2) is 24.3 Å². The highest BCUT2D eigenvalue weighted by molar-refractivity contribution is 5.92. The quantitative estimate of drug-likeness (QED) is 0.752. The molecule has 1 saturated heterocycles. The van der Waals surface area contributed by atoms with Crippen LogP contribution in [-0.2, 0) is 20.9 Å². The van der Waals surface area contributed by atoms with Crippen molar-refractivity contribution in [2.75, 3.05) is 38.7 Å². The lowest BCUT2D eigenvalue weighted by molar-refractivity contribution is -0.120. The second-order valence-electron chi connectivity index (χ2n) is 5.26. The molecule has 5 nitrogen and oxygen atoms in total. The van der Waals surface area contributed by atoms with E-state index in [0.717, 1.165) is 37.2 Å². The van der Waals surface area contributed by atoms with Crippen LogP contribution in [0.3, 0.4) is 0 Å². The van der Waals surface area contributed by atoms with E-state index in [1.54, 1.807) is 7.11 Å². The Morgan fingerprint density at radius 3 is 2.90 bits per heavy atom. The van der Waals surface area contributed by atoms with Crippen LogP contribution in [0.25, 0.3) is 0 Å². The first kappa shape index (κ1) is 15.9. The van der Waals surface area contributed by atoms with Crippen molar-refractivity contribution in [2.45, 2.75) is 19.4 Å². The van der Waals surface area contributed by atoms with Crippen molar-refractivity contribution in [1.29, 1.82) is 0 Å². The summed E-state index contributed by atoms with van der Waals surface area (Å²) in [5.41, 5.74) is 1.89.